The first-order valence-corrected chi connectivity index (χ1v) is 5.34. The predicted octanol–water partition coefficient (Wildman–Crippen LogP) is 1.63. The SMILES string of the molecule is CC1OOC(C)(O)C(Cc2ccccc2)O1. The van der Waals surface area contributed by atoms with Crippen molar-refractivity contribution in [1.29, 1.82) is 0 Å². The first-order valence-electron chi connectivity index (χ1n) is 5.34. The van der Waals surface area contributed by atoms with Gasteiger partial charge in [0, 0.05) is 6.42 Å². The zero-order valence-electron chi connectivity index (χ0n) is 9.42. The molecule has 2 rings (SSSR count). The van der Waals surface area contributed by atoms with Crippen molar-refractivity contribution in [3.8, 4) is 0 Å². The summed E-state index contributed by atoms with van der Waals surface area (Å²) in [5.74, 6) is -1.41. The normalized spacial score (nSPS) is 34.9. The van der Waals surface area contributed by atoms with Crippen LogP contribution in [0, 0.1) is 0 Å². The zero-order valence-corrected chi connectivity index (χ0v) is 9.42. The van der Waals surface area contributed by atoms with Crippen LogP contribution in [0.15, 0.2) is 30.3 Å². The molecule has 1 fully saturated rings. The lowest BCUT2D eigenvalue weighted by molar-refractivity contribution is -0.523. The minimum Gasteiger partial charge on any atom is -0.361 e. The van der Waals surface area contributed by atoms with Crippen molar-refractivity contribution in [3.63, 3.8) is 0 Å². The van der Waals surface area contributed by atoms with Gasteiger partial charge in [0.05, 0.1) is 0 Å². The van der Waals surface area contributed by atoms with Gasteiger partial charge in [-0.25, -0.2) is 4.89 Å². The Labute approximate surface area is 94.7 Å². The second kappa shape index (κ2) is 4.51. The molecule has 4 nitrogen and oxygen atoms in total. The molecule has 1 aliphatic rings. The number of hydrogen-bond donors (Lipinski definition) is 1. The van der Waals surface area contributed by atoms with E-state index in [-0.39, 0.29) is 0 Å². The molecule has 1 saturated heterocycles. The van der Waals surface area contributed by atoms with E-state index < -0.39 is 18.2 Å². The average Bonchev–Trinajstić information content (AvgIpc) is 2.26. The summed E-state index contributed by atoms with van der Waals surface area (Å²) in [6, 6.07) is 9.83. The van der Waals surface area contributed by atoms with E-state index in [2.05, 4.69) is 0 Å². The van der Waals surface area contributed by atoms with Crippen molar-refractivity contribution in [2.24, 2.45) is 0 Å². The fourth-order valence-corrected chi connectivity index (χ4v) is 1.66. The molecule has 1 heterocycles. The van der Waals surface area contributed by atoms with E-state index in [0.29, 0.717) is 6.42 Å². The van der Waals surface area contributed by atoms with Crippen molar-refractivity contribution in [2.45, 2.75) is 38.4 Å². The Morgan fingerprint density at radius 2 is 2.00 bits per heavy atom. The minimum atomic E-state index is -1.41. The lowest BCUT2D eigenvalue weighted by Gasteiger charge is -2.38. The Balaban J connectivity index is 2.07. The highest BCUT2D eigenvalue weighted by atomic mass is 17.3. The van der Waals surface area contributed by atoms with Crippen molar-refractivity contribution in [3.05, 3.63) is 35.9 Å². The third-order valence-electron chi connectivity index (χ3n) is 2.57. The molecule has 4 heteroatoms. The molecule has 1 aromatic carbocycles. The lowest BCUT2D eigenvalue weighted by atomic mass is 10.0. The van der Waals surface area contributed by atoms with E-state index in [1.807, 2.05) is 30.3 Å². The fraction of sp³-hybridized carbons (Fsp3) is 0.500. The molecular formula is C12H16O4. The highest BCUT2D eigenvalue weighted by Gasteiger charge is 2.41. The van der Waals surface area contributed by atoms with E-state index in [1.54, 1.807) is 6.92 Å². The molecule has 0 amide bonds. The van der Waals surface area contributed by atoms with Crippen molar-refractivity contribution >= 4 is 0 Å². The first-order chi connectivity index (χ1) is 7.58. The molecule has 0 aliphatic carbocycles. The summed E-state index contributed by atoms with van der Waals surface area (Å²) >= 11 is 0. The molecule has 0 bridgehead atoms. The van der Waals surface area contributed by atoms with Gasteiger partial charge in [0.2, 0.25) is 5.79 Å². The Bertz CT molecular complexity index is 336. The fourth-order valence-electron chi connectivity index (χ4n) is 1.66. The summed E-state index contributed by atoms with van der Waals surface area (Å²) in [4.78, 5) is 9.68. The number of rotatable bonds is 2. The maximum absolute atomic E-state index is 9.94. The summed E-state index contributed by atoms with van der Waals surface area (Å²) in [6.07, 6.45) is -0.311. The molecule has 0 spiro atoms. The van der Waals surface area contributed by atoms with E-state index in [4.69, 9.17) is 14.5 Å². The first kappa shape index (κ1) is 11.5. The Kier molecular flexibility index (Phi) is 3.25. The van der Waals surface area contributed by atoms with Gasteiger partial charge in [0.25, 0.3) is 0 Å². The van der Waals surface area contributed by atoms with Gasteiger partial charge < -0.3 is 9.84 Å². The summed E-state index contributed by atoms with van der Waals surface area (Å²) in [5.41, 5.74) is 1.09. The number of ether oxygens (including phenoxy) is 1. The molecule has 88 valence electrons. The molecule has 3 unspecified atom stereocenters. The second-order valence-corrected chi connectivity index (χ2v) is 4.12. The van der Waals surface area contributed by atoms with Crippen LogP contribution < -0.4 is 0 Å². The third kappa shape index (κ3) is 2.59. The number of benzene rings is 1. The van der Waals surface area contributed by atoms with Crippen molar-refractivity contribution < 1.29 is 19.6 Å². The van der Waals surface area contributed by atoms with Crippen LogP contribution >= 0.6 is 0 Å². The largest absolute Gasteiger partial charge is 0.361 e. The average molecular weight is 224 g/mol. The summed E-state index contributed by atoms with van der Waals surface area (Å²) in [5, 5.41) is 9.94. The number of hydrogen-bond acceptors (Lipinski definition) is 4. The molecule has 3 atom stereocenters. The van der Waals surface area contributed by atoms with E-state index in [1.165, 1.54) is 6.92 Å². The van der Waals surface area contributed by atoms with Crippen molar-refractivity contribution in [1.82, 2.24) is 0 Å². The Morgan fingerprint density at radius 1 is 1.31 bits per heavy atom. The summed E-state index contributed by atoms with van der Waals surface area (Å²) in [7, 11) is 0. The van der Waals surface area contributed by atoms with Crippen LogP contribution in [0.3, 0.4) is 0 Å². The van der Waals surface area contributed by atoms with Crippen LogP contribution in [0.1, 0.15) is 19.4 Å². The van der Waals surface area contributed by atoms with Crippen LogP contribution in [0.2, 0.25) is 0 Å². The molecule has 0 saturated carbocycles. The van der Waals surface area contributed by atoms with E-state index in [0.717, 1.165) is 5.56 Å². The summed E-state index contributed by atoms with van der Waals surface area (Å²) in [6.45, 7) is 3.26. The van der Waals surface area contributed by atoms with E-state index in [9.17, 15) is 5.11 Å². The third-order valence-corrected chi connectivity index (χ3v) is 2.57. The molecule has 16 heavy (non-hydrogen) atoms. The zero-order chi connectivity index (χ0) is 11.6. The topological polar surface area (TPSA) is 47.9 Å². The summed E-state index contributed by atoms with van der Waals surface area (Å²) < 4.78 is 5.51. The molecule has 1 aliphatic heterocycles. The van der Waals surface area contributed by atoms with Gasteiger partial charge in [-0.15, -0.1) is 0 Å². The van der Waals surface area contributed by atoms with Crippen LogP contribution in [0.25, 0.3) is 0 Å². The number of aliphatic hydroxyl groups is 1. The predicted molar refractivity (Wildman–Crippen MR) is 57.3 cm³/mol. The maximum Gasteiger partial charge on any atom is 0.223 e. The van der Waals surface area contributed by atoms with E-state index >= 15 is 0 Å². The maximum atomic E-state index is 9.94. The lowest BCUT2D eigenvalue weighted by Crippen LogP contribution is -2.51. The van der Waals surface area contributed by atoms with Gasteiger partial charge in [-0.1, -0.05) is 30.3 Å². The Hall–Kier alpha value is -0.940. The van der Waals surface area contributed by atoms with Gasteiger partial charge in [0.15, 0.2) is 6.29 Å². The Morgan fingerprint density at radius 3 is 2.69 bits per heavy atom. The smallest absolute Gasteiger partial charge is 0.223 e. The van der Waals surface area contributed by atoms with Crippen LogP contribution in [-0.4, -0.2) is 23.3 Å². The van der Waals surface area contributed by atoms with Crippen LogP contribution in [-0.2, 0) is 20.9 Å². The van der Waals surface area contributed by atoms with Crippen molar-refractivity contribution in [2.75, 3.05) is 0 Å². The van der Waals surface area contributed by atoms with Gasteiger partial charge >= 0.3 is 0 Å². The quantitative estimate of drug-likeness (QED) is 0.776. The highest BCUT2D eigenvalue weighted by Crippen LogP contribution is 2.26. The van der Waals surface area contributed by atoms with Crippen LogP contribution in [0.5, 0.6) is 0 Å². The molecular weight excluding hydrogens is 208 g/mol. The molecule has 0 aromatic heterocycles. The molecule has 1 aromatic rings. The molecule has 0 radical (unpaired) electrons. The monoisotopic (exact) mass is 224 g/mol. The second-order valence-electron chi connectivity index (χ2n) is 4.12. The van der Waals surface area contributed by atoms with Gasteiger partial charge in [0.1, 0.15) is 6.10 Å². The van der Waals surface area contributed by atoms with Gasteiger partial charge in [-0.3, -0.25) is 0 Å². The van der Waals surface area contributed by atoms with Gasteiger partial charge in [-0.2, -0.15) is 4.89 Å². The highest BCUT2D eigenvalue weighted by molar-refractivity contribution is 5.16. The standard InChI is InChI=1S/C12H16O4/c1-9-14-11(12(2,13)16-15-9)8-10-6-4-3-5-7-10/h3-7,9,11,13H,8H2,1-2H3. The van der Waals surface area contributed by atoms with Gasteiger partial charge in [-0.05, 0) is 19.4 Å². The molecule has 1 N–H and O–H groups in total. The minimum absolute atomic E-state index is 0.432. The van der Waals surface area contributed by atoms with Crippen LogP contribution in [0.4, 0.5) is 0 Å².